The summed E-state index contributed by atoms with van der Waals surface area (Å²) in [6.07, 6.45) is 3.91. The predicted octanol–water partition coefficient (Wildman–Crippen LogP) is 2.36. The molecule has 13 heavy (non-hydrogen) atoms. The van der Waals surface area contributed by atoms with E-state index in [0.29, 0.717) is 0 Å². The molecule has 2 heteroatoms. The third-order valence-corrected chi connectivity index (χ3v) is 1.59. The highest BCUT2D eigenvalue weighted by Crippen LogP contribution is 1.97. The van der Waals surface area contributed by atoms with Crippen LogP contribution in [0.1, 0.15) is 33.6 Å². The zero-order valence-electron chi connectivity index (χ0n) is 9.23. The molecule has 0 aliphatic carbocycles. The monoisotopic (exact) mass is 185 g/mol. The van der Waals surface area contributed by atoms with Gasteiger partial charge in [0.15, 0.2) is 0 Å². The van der Waals surface area contributed by atoms with Gasteiger partial charge in [0.05, 0.1) is 0 Å². The molecule has 2 nitrogen and oxygen atoms in total. The number of rotatable bonds is 7. The van der Waals surface area contributed by atoms with Crippen molar-refractivity contribution in [1.82, 2.24) is 5.32 Å². The summed E-state index contributed by atoms with van der Waals surface area (Å²) >= 11 is 0. The summed E-state index contributed by atoms with van der Waals surface area (Å²) in [5.74, 6) is 0. The van der Waals surface area contributed by atoms with E-state index in [1.54, 1.807) is 0 Å². The van der Waals surface area contributed by atoms with Crippen LogP contribution < -0.4 is 5.32 Å². The molecule has 0 aromatic rings. The maximum absolute atomic E-state index is 5.38. The van der Waals surface area contributed by atoms with Crippen molar-refractivity contribution in [3.05, 3.63) is 12.7 Å². The highest BCUT2D eigenvalue weighted by molar-refractivity contribution is 4.69. The van der Waals surface area contributed by atoms with Crippen molar-refractivity contribution in [1.29, 1.82) is 0 Å². The maximum Gasteiger partial charge on any atom is 0.0500 e. The van der Waals surface area contributed by atoms with Crippen molar-refractivity contribution in [3.8, 4) is 0 Å². The summed E-state index contributed by atoms with van der Waals surface area (Å²) in [5.41, 5.74) is 0.223. The summed E-state index contributed by atoms with van der Waals surface area (Å²) in [6.45, 7) is 12.8. The van der Waals surface area contributed by atoms with Crippen LogP contribution in [0.2, 0.25) is 0 Å². The second-order valence-electron chi connectivity index (χ2n) is 4.22. The molecule has 0 saturated heterocycles. The first-order chi connectivity index (χ1) is 6.06. The van der Waals surface area contributed by atoms with Gasteiger partial charge >= 0.3 is 0 Å². The van der Waals surface area contributed by atoms with E-state index in [0.717, 1.165) is 32.6 Å². The molecule has 0 radical (unpaired) electrons. The third-order valence-electron chi connectivity index (χ3n) is 1.59. The van der Waals surface area contributed by atoms with Crippen LogP contribution in [0.4, 0.5) is 0 Å². The molecule has 0 aliphatic rings. The Morgan fingerprint density at radius 3 is 2.54 bits per heavy atom. The Morgan fingerprint density at radius 1 is 1.31 bits per heavy atom. The molecular formula is C11H23NO. The van der Waals surface area contributed by atoms with Crippen LogP contribution in [0.5, 0.6) is 0 Å². The number of ether oxygens (including phenoxy) is 1. The molecule has 0 saturated carbocycles. The molecule has 0 amide bonds. The Balaban J connectivity index is 3.04. The van der Waals surface area contributed by atoms with E-state index in [1.807, 2.05) is 6.08 Å². The van der Waals surface area contributed by atoms with Crippen LogP contribution in [0.15, 0.2) is 12.7 Å². The Hall–Kier alpha value is -0.340. The second-order valence-corrected chi connectivity index (χ2v) is 4.22. The predicted molar refractivity (Wildman–Crippen MR) is 58.0 cm³/mol. The van der Waals surface area contributed by atoms with E-state index >= 15 is 0 Å². The normalized spacial score (nSPS) is 11.6. The Labute approximate surface area is 82.4 Å². The van der Waals surface area contributed by atoms with E-state index in [-0.39, 0.29) is 5.54 Å². The summed E-state index contributed by atoms with van der Waals surface area (Å²) in [5, 5.41) is 3.41. The fraction of sp³-hybridized carbons (Fsp3) is 0.818. The number of hydrogen-bond acceptors (Lipinski definition) is 2. The molecule has 0 bridgehead atoms. The molecule has 0 aromatic carbocycles. The van der Waals surface area contributed by atoms with Crippen molar-refractivity contribution in [2.45, 2.75) is 39.2 Å². The van der Waals surface area contributed by atoms with E-state index in [1.165, 1.54) is 0 Å². The van der Waals surface area contributed by atoms with Crippen molar-refractivity contribution in [3.63, 3.8) is 0 Å². The number of hydrogen-bond donors (Lipinski definition) is 1. The Kier molecular flexibility index (Phi) is 6.92. The minimum absolute atomic E-state index is 0.223. The molecule has 78 valence electrons. The standard InChI is InChI=1S/C11H23NO/c1-5-6-9-13-10-7-8-12-11(2,3)4/h5,12H,1,6-10H2,2-4H3. The van der Waals surface area contributed by atoms with Gasteiger partial charge in [-0.3, -0.25) is 0 Å². The molecule has 0 atom stereocenters. The van der Waals surface area contributed by atoms with Crippen molar-refractivity contribution < 1.29 is 4.74 Å². The van der Waals surface area contributed by atoms with Gasteiger partial charge in [-0.05, 0) is 40.2 Å². The smallest absolute Gasteiger partial charge is 0.0500 e. The van der Waals surface area contributed by atoms with Crippen molar-refractivity contribution in [2.75, 3.05) is 19.8 Å². The zero-order valence-corrected chi connectivity index (χ0v) is 9.23. The van der Waals surface area contributed by atoms with E-state index < -0.39 is 0 Å². The van der Waals surface area contributed by atoms with Crippen molar-refractivity contribution >= 4 is 0 Å². The van der Waals surface area contributed by atoms with E-state index in [9.17, 15) is 0 Å². The van der Waals surface area contributed by atoms with Crippen LogP contribution in [0.25, 0.3) is 0 Å². The molecule has 0 aliphatic heterocycles. The summed E-state index contributed by atoms with van der Waals surface area (Å²) in [7, 11) is 0. The third kappa shape index (κ3) is 11.7. The summed E-state index contributed by atoms with van der Waals surface area (Å²) < 4.78 is 5.38. The van der Waals surface area contributed by atoms with Crippen molar-refractivity contribution in [2.24, 2.45) is 0 Å². The van der Waals surface area contributed by atoms with Gasteiger partial charge in [0.2, 0.25) is 0 Å². The molecule has 0 aromatic heterocycles. The topological polar surface area (TPSA) is 21.3 Å². The lowest BCUT2D eigenvalue weighted by Crippen LogP contribution is -2.36. The quantitative estimate of drug-likeness (QED) is 0.485. The van der Waals surface area contributed by atoms with Gasteiger partial charge in [0.1, 0.15) is 0 Å². The Bertz CT molecular complexity index is 127. The first-order valence-corrected chi connectivity index (χ1v) is 5.00. The molecule has 0 rings (SSSR count). The first-order valence-electron chi connectivity index (χ1n) is 5.00. The molecular weight excluding hydrogens is 162 g/mol. The first kappa shape index (κ1) is 12.7. The van der Waals surface area contributed by atoms with Gasteiger partial charge in [0, 0.05) is 18.8 Å². The van der Waals surface area contributed by atoms with Gasteiger partial charge in [-0.25, -0.2) is 0 Å². The average molecular weight is 185 g/mol. The molecule has 0 spiro atoms. The Morgan fingerprint density at radius 2 is 2.00 bits per heavy atom. The van der Waals surface area contributed by atoms with Gasteiger partial charge in [0.25, 0.3) is 0 Å². The number of nitrogens with one attached hydrogen (secondary N) is 1. The van der Waals surface area contributed by atoms with Crippen LogP contribution in [-0.4, -0.2) is 25.3 Å². The lowest BCUT2D eigenvalue weighted by molar-refractivity contribution is 0.134. The summed E-state index contributed by atoms with van der Waals surface area (Å²) in [6, 6.07) is 0. The van der Waals surface area contributed by atoms with Crippen LogP contribution in [0, 0.1) is 0 Å². The maximum atomic E-state index is 5.38. The fourth-order valence-corrected chi connectivity index (χ4v) is 0.906. The van der Waals surface area contributed by atoms with E-state index in [2.05, 4.69) is 32.7 Å². The highest BCUT2D eigenvalue weighted by atomic mass is 16.5. The molecule has 1 N–H and O–H groups in total. The zero-order chi connectivity index (χ0) is 10.2. The van der Waals surface area contributed by atoms with Crippen LogP contribution in [-0.2, 0) is 4.74 Å². The van der Waals surface area contributed by atoms with Gasteiger partial charge < -0.3 is 10.1 Å². The highest BCUT2D eigenvalue weighted by Gasteiger charge is 2.06. The van der Waals surface area contributed by atoms with Crippen LogP contribution in [0.3, 0.4) is 0 Å². The fourth-order valence-electron chi connectivity index (χ4n) is 0.906. The van der Waals surface area contributed by atoms with Gasteiger partial charge in [-0.1, -0.05) is 6.08 Å². The largest absolute Gasteiger partial charge is 0.381 e. The minimum atomic E-state index is 0.223. The molecule has 0 heterocycles. The average Bonchev–Trinajstić information content (AvgIpc) is 2.01. The van der Waals surface area contributed by atoms with Gasteiger partial charge in [-0.2, -0.15) is 0 Å². The molecule has 0 fully saturated rings. The summed E-state index contributed by atoms with van der Waals surface area (Å²) in [4.78, 5) is 0. The van der Waals surface area contributed by atoms with E-state index in [4.69, 9.17) is 4.74 Å². The second kappa shape index (κ2) is 7.10. The van der Waals surface area contributed by atoms with Crippen LogP contribution >= 0.6 is 0 Å². The minimum Gasteiger partial charge on any atom is -0.381 e. The lowest BCUT2D eigenvalue weighted by Gasteiger charge is -2.20. The van der Waals surface area contributed by atoms with Gasteiger partial charge in [-0.15, -0.1) is 6.58 Å². The molecule has 0 unspecified atom stereocenters. The lowest BCUT2D eigenvalue weighted by atomic mass is 10.1. The SMILES string of the molecule is C=CCCOCCCNC(C)(C)C.